The van der Waals surface area contributed by atoms with Crippen LogP contribution in [0.15, 0.2) is 12.1 Å². The molecular formula is C13H16N2O2. The minimum Gasteiger partial charge on any atom is -0.477 e. The van der Waals surface area contributed by atoms with Crippen LogP contribution in [0.1, 0.15) is 42.9 Å². The molecule has 0 aliphatic rings. The van der Waals surface area contributed by atoms with Gasteiger partial charge in [-0.25, -0.2) is 9.64 Å². The van der Waals surface area contributed by atoms with Crippen molar-refractivity contribution < 1.29 is 9.90 Å². The van der Waals surface area contributed by atoms with Crippen molar-refractivity contribution in [1.82, 2.24) is 4.98 Å². The van der Waals surface area contributed by atoms with E-state index in [4.69, 9.17) is 11.7 Å². The lowest BCUT2D eigenvalue weighted by Crippen LogP contribution is -2.03. The number of aryl methyl sites for hydroxylation is 1. The third kappa shape index (κ3) is 3.87. The predicted octanol–water partition coefficient (Wildman–Crippen LogP) is 3.31. The van der Waals surface area contributed by atoms with Crippen LogP contribution in [0, 0.1) is 12.5 Å². The number of nitrogens with zero attached hydrogens (tertiary/aromatic N) is 2. The zero-order valence-corrected chi connectivity index (χ0v) is 10.1. The SMILES string of the molecule is [C-]#[N+]c1ccc(C(=O)O)nc1CCCC(C)C. The Kier molecular flexibility index (Phi) is 4.65. The third-order valence-corrected chi connectivity index (χ3v) is 2.48. The van der Waals surface area contributed by atoms with E-state index in [1.165, 1.54) is 12.1 Å². The van der Waals surface area contributed by atoms with E-state index in [0.717, 1.165) is 12.8 Å². The molecule has 90 valence electrons. The molecule has 1 N–H and O–H groups in total. The Bertz CT molecular complexity index is 447. The van der Waals surface area contributed by atoms with Gasteiger partial charge in [-0.1, -0.05) is 26.3 Å². The van der Waals surface area contributed by atoms with Crippen LogP contribution in [0.2, 0.25) is 0 Å². The molecule has 0 saturated carbocycles. The molecule has 0 fully saturated rings. The minimum atomic E-state index is -1.05. The fourth-order valence-corrected chi connectivity index (χ4v) is 1.58. The summed E-state index contributed by atoms with van der Waals surface area (Å²) in [6.07, 6.45) is 2.64. The summed E-state index contributed by atoms with van der Waals surface area (Å²) in [6, 6.07) is 2.91. The van der Waals surface area contributed by atoms with Crippen molar-refractivity contribution in [2.24, 2.45) is 5.92 Å². The lowest BCUT2D eigenvalue weighted by atomic mass is 10.0. The first kappa shape index (κ1) is 13.2. The number of hydrogen-bond donors (Lipinski definition) is 1. The number of aromatic nitrogens is 1. The predicted molar refractivity (Wildman–Crippen MR) is 65.2 cm³/mol. The van der Waals surface area contributed by atoms with Gasteiger partial charge in [0.1, 0.15) is 5.69 Å². The Morgan fingerprint density at radius 3 is 2.76 bits per heavy atom. The van der Waals surface area contributed by atoms with E-state index in [0.29, 0.717) is 23.7 Å². The third-order valence-electron chi connectivity index (χ3n) is 2.48. The molecule has 0 spiro atoms. The molecule has 4 heteroatoms. The summed E-state index contributed by atoms with van der Waals surface area (Å²) >= 11 is 0. The molecule has 1 rings (SSSR count). The largest absolute Gasteiger partial charge is 0.477 e. The van der Waals surface area contributed by atoms with E-state index in [1.807, 2.05) is 0 Å². The Balaban J connectivity index is 2.84. The zero-order chi connectivity index (χ0) is 12.8. The van der Waals surface area contributed by atoms with Gasteiger partial charge < -0.3 is 5.11 Å². The van der Waals surface area contributed by atoms with Gasteiger partial charge in [-0.2, -0.15) is 0 Å². The number of carbonyl (C=O) groups is 1. The van der Waals surface area contributed by atoms with Crippen molar-refractivity contribution in [3.8, 4) is 0 Å². The quantitative estimate of drug-likeness (QED) is 0.792. The fourth-order valence-electron chi connectivity index (χ4n) is 1.58. The van der Waals surface area contributed by atoms with Crippen LogP contribution in [-0.4, -0.2) is 16.1 Å². The molecular weight excluding hydrogens is 216 g/mol. The second-order valence-corrected chi connectivity index (χ2v) is 4.37. The van der Waals surface area contributed by atoms with Gasteiger partial charge in [0.25, 0.3) is 0 Å². The van der Waals surface area contributed by atoms with E-state index < -0.39 is 5.97 Å². The first-order chi connectivity index (χ1) is 8.04. The summed E-state index contributed by atoms with van der Waals surface area (Å²) in [5, 5.41) is 8.85. The van der Waals surface area contributed by atoms with Gasteiger partial charge in [-0.3, -0.25) is 4.98 Å². The van der Waals surface area contributed by atoms with Crippen LogP contribution >= 0.6 is 0 Å². The van der Waals surface area contributed by atoms with Crippen LogP contribution in [0.25, 0.3) is 4.85 Å². The van der Waals surface area contributed by atoms with Gasteiger partial charge in [-0.15, -0.1) is 0 Å². The highest BCUT2D eigenvalue weighted by Crippen LogP contribution is 2.20. The summed E-state index contributed by atoms with van der Waals surface area (Å²) in [6.45, 7) is 11.3. The molecule has 0 amide bonds. The zero-order valence-electron chi connectivity index (χ0n) is 10.1. The van der Waals surface area contributed by atoms with Crippen molar-refractivity contribution in [2.75, 3.05) is 0 Å². The highest BCUT2D eigenvalue weighted by atomic mass is 16.4. The molecule has 0 atom stereocenters. The minimum absolute atomic E-state index is 0.0111. The number of pyridine rings is 1. The van der Waals surface area contributed by atoms with Crippen molar-refractivity contribution in [3.63, 3.8) is 0 Å². The van der Waals surface area contributed by atoms with E-state index >= 15 is 0 Å². The smallest absolute Gasteiger partial charge is 0.354 e. The normalized spacial score (nSPS) is 10.2. The molecule has 0 saturated heterocycles. The number of aromatic carboxylic acids is 1. The van der Waals surface area contributed by atoms with Crippen LogP contribution in [0.5, 0.6) is 0 Å². The summed E-state index contributed by atoms with van der Waals surface area (Å²) in [5.41, 5.74) is 1.07. The second kappa shape index (κ2) is 6.00. The molecule has 1 aromatic heterocycles. The first-order valence-corrected chi connectivity index (χ1v) is 5.65. The molecule has 17 heavy (non-hydrogen) atoms. The van der Waals surface area contributed by atoms with Crippen molar-refractivity contribution in [3.05, 3.63) is 34.9 Å². The molecule has 1 heterocycles. The molecule has 0 radical (unpaired) electrons. The standard InChI is InChI=1S/C13H16N2O2/c1-9(2)5-4-6-11-10(14-3)7-8-12(15-11)13(16)17/h7-9H,4-6H2,1-2H3,(H,16,17). The molecule has 0 aliphatic carbocycles. The van der Waals surface area contributed by atoms with E-state index in [-0.39, 0.29) is 5.69 Å². The molecule has 0 aliphatic heterocycles. The van der Waals surface area contributed by atoms with Crippen molar-refractivity contribution in [2.45, 2.75) is 33.1 Å². The molecule has 1 aromatic rings. The van der Waals surface area contributed by atoms with Gasteiger partial charge in [-0.05, 0) is 24.8 Å². The Morgan fingerprint density at radius 2 is 2.24 bits per heavy atom. The monoisotopic (exact) mass is 232 g/mol. The number of carboxylic acids is 1. The highest BCUT2D eigenvalue weighted by Gasteiger charge is 2.10. The Morgan fingerprint density at radius 1 is 1.53 bits per heavy atom. The number of carboxylic acid groups (broad SMARTS) is 1. The molecule has 4 nitrogen and oxygen atoms in total. The topological polar surface area (TPSA) is 54.5 Å². The van der Waals surface area contributed by atoms with Crippen molar-refractivity contribution >= 4 is 11.7 Å². The van der Waals surface area contributed by atoms with Crippen LogP contribution in [0.3, 0.4) is 0 Å². The van der Waals surface area contributed by atoms with Crippen molar-refractivity contribution in [1.29, 1.82) is 0 Å². The first-order valence-electron chi connectivity index (χ1n) is 5.65. The van der Waals surface area contributed by atoms with E-state index in [1.54, 1.807) is 0 Å². The summed E-state index contributed by atoms with van der Waals surface area (Å²) in [7, 11) is 0. The van der Waals surface area contributed by atoms with E-state index in [2.05, 4.69) is 23.7 Å². The molecule has 0 bridgehead atoms. The van der Waals surface area contributed by atoms with Gasteiger partial charge in [0.15, 0.2) is 0 Å². The molecule has 0 unspecified atom stereocenters. The maximum absolute atomic E-state index is 10.8. The van der Waals surface area contributed by atoms with Crippen LogP contribution in [0.4, 0.5) is 5.69 Å². The summed E-state index contributed by atoms with van der Waals surface area (Å²) in [4.78, 5) is 18.2. The lowest BCUT2D eigenvalue weighted by Gasteiger charge is -2.06. The maximum atomic E-state index is 10.8. The summed E-state index contributed by atoms with van der Waals surface area (Å²) in [5.74, 6) is -0.444. The fraction of sp³-hybridized carbons (Fsp3) is 0.462. The lowest BCUT2D eigenvalue weighted by molar-refractivity contribution is 0.0690. The Hall–Kier alpha value is -1.89. The van der Waals surface area contributed by atoms with Gasteiger partial charge >= 0.3 is 5.97 Å². The molecule has 0 aromatic carbocycles. The second-order valence-electron chi connectivity index (χ2n) is 4.37. The van der Waals surface area contributed by atoms with Gasteiger partial charge in [0, 0.05) is 5.69 Å². The average Bonchev–Trinajstić information content (AvgIpc) is 2.28. The van der Waals surface area contributed by atoms with Crippen LogP contribution in [-0.2, 0) is 6.42 Å². The Labute approximate surface area is 101 Å². The highest BCUT2D eigenvalue weighted by molar-refractivity contribution is 5.85. The average molecular weight is 232 g/mol. The van der Waals surface area contributed by atoms with E-state index in [9.17, 15) is 4.79 Å². The van der Waals surface area contributed by atoms with Crippen LogP contribution < -0.4 is 0 Å². The van der Waals surface area contributed by atoms with Gasteiger partial charge in [0.05, 0.1) is 6.57 Å². The number of hydrogen-bond acceptors (Lipinski definition) is 2. The number of rotatable bonds is 5. The maximum Gasteiger partial charge on any atom is 0.354 e. The van der Waals surface area contributed by atoms with Gasteiger partial charge in [0.2, 0.25) is 5.69 Å². The summed E-state index contributed by atoms with van der Waals surface area (Å²) < 4.78 is 0.